The summed E-state index contributed by atoms with van der Waals surface area (Å²) in [6.07, 6.45) is 0. The summed E-state index contributed by atoms with van der Waals surface area (Å²) in [4.78, 5) is 36.1. The number of benzene rings is 3. The number of aryl methyl sites for hydroxylation is 2. The first-order valence-corrected chi connectivity index (χ1v) is 10.6. The van der Waals surface area contributed by atoms with Gasteiger partial charge in [0.2, 0.25) is 0 Å². The lowest BCUT2D eigenvalue weighted by molar-refractivity contribution is -0.132. The van der Waals surface area contributed by atoms with Crippen LogP contribution >= 0.6 is 11.6 Å². The number of carboxylic acid groups (broad SMARTS) is 1. The molecule has 0 atom stereocenters. The summed E-state index contributed by atoms with van der Waals surface area (Å²) >= 11 is 5.90. The highest BCUT2D eigenvalue weighted by atomic mass is 35.5. The molecule has 2 amide bonds. The van der Waals surface area contributed by atoms with Crippen molar-refractivity contribution in [3.8, 4) is 17.0 Å². The van der Waals surface area contributed by atoms with Crippen molar-refractivity contribution < 1.29 is 24.6 Å². The normalized spacial score (nSPS) is 10.8. The number of aromatic carboxylic acids is 1. The van der Waals surface area contributed by atoms with Crippen LogP contribution in [-0.2, 0) is 16.6 Å². The number of carboxylic acids is 1. The summed E-state index contributed by atoms with van der Waals surface area (Å²) in [5.74, 6) is -3.23. The van der Waals surface area contributed by atoms with Gasteiger partial charge in [-0.1, -0.05) is 29.8 Å². The number of phenols is 1. The number of nitrogens with zero attached hydrogens (tertiary/aromatic N) is 1. The van der Waals surface area contributed by atoms with Crippen molar-refractivity contribution in [2.45, 2.75) is 6.92 Å². The second-order valence-corrected chi connectivity index (χ2v) is 8.16. The smallest absolute Gasteiger partial charge is 0.339 e. The van der Waals surface area contributed by atoms with Crippen LogP contribution in [0.3, 0.4) is 0 Å². The van der Waals surface area contributed by atoms with Crippen molar-refractivity contribution in [1.82, 2.24) is 4.57 Å². The Hall–Kier alpha value is -4.30. The van der Waals surface area contributed by atoms with E-state index in [0.29, 0.717) is 27.3 Å². The highest BCUT2D eigenvalue weighted by Crippen LogP contribution is 2.36. The lowest BCUT2D eigenvalue weighted by Gasteiger charge is -2.10. The van der Waals surface area contributed by atoms with Crippen molar-refractivity contribution in [3.05, 3.63) is 76.8 Å². The zero-order valence-corrected chi connectivity index (χ0v) is 19.0. The van der Waals surface area contributed by atoms with Crippen LogP contribution in [0, 0.1) is 6.92 Å². The Bertz CT molecular complexity index is 1480. The van der Waals surface area contributed by atoms with E-state index in [1.54, 1.807) is 43.4 Å². The SMILES string of the molecule is Cc1c(-c2cccc(NC(=O)C(=O)Nc3cccc(Cl)c3)c2)n(C)c2cc(O)c(C(=O)O)cc12. The highest BCUT2D eigenvalue weighted by Gasteiger charge is 2.20. The van der Waals surface area contributed by atoms with Gasteiger partial charge in [0.15, 0.2) is 0 Å². The number of carbonyl (C=O) groups excluding carboxylic acids is 2. The van der Waals surface area contributed by atoms with Crippen molar-refractivity contribution in [1.29, 1.82) is 0 Å². The van der Waals surface area contributed by atoms with Crippen LogP contribution in [0.1, 0.15) is 15.9 Å². The Labute approximate surface area is 199 Å². The van der Waals surface area contributed by atoms with Gasteiger partial charge < -0.3 is 25.4 Å². The predicted octanol–water partition coefficient (Wildman–Crippen LogP) is 4.79. The molecule has 0 aliphatic heterocycles. The molecular formula is C25H20ClN3O5. The van der Waals surface area contributed by atoms with Gasteiger partial charge in [-0.3, -0.25) is 9.59 Å². The summed E-state index contributed by atoms with van der Waals surface area (Å²) in [5.41, 5.74) is 3.60. The molecule has 0 fully saturated rings. The van der Waals surface area contributed by atoms with Crippen LogP contribution in [0.2, 0.25) is 5.02 Å². The Morgan fingerprint density at radius 2 is 1.53 bits per heavy atom. The Morgan fingerprint density at radius 1 is 0.912 bits per heavy atom. The maximum absolute atomic E-state index is 12.4. The molecule has 0 radical (unpaired) electrons. The minimum absolute atomic E-state index is 0.181. The first-order chi connectivity index (χ1) is 16.2. The summed E-state index contributed by atoms with van der Waals surface area (Å²) in [6.45, 7) is 1.85. The molecule has 0 saturated carbocycles. The first kappa shape index (κ1) is 22.9. The summed E-state index contributed by atoms with van der Waals surface area (Å²) in [7, 11) is 1.80. The van der Waals surface area contributed by atoms with Gasteiger partial charge in [0, 0.05) is 40.5 Å². The van der Waals surface area contributed by atoms with E-state index < -0.39 is 17.8 Å². The highest BCUT2D eigenvalue weighted by molar-refractivity contribution is 6.43. The molecule has 1 heterocycles. The van der Waals surface area contributed by atoms with Gasteiger partial charge in [-0.25, -0.2) is 4.79 Å². The average Bonchev–Trinajstić information content (AvgIpc) is 3.02. The third-order valence-electron chi connectivity index (χ3n) is 5.48. The lowest BCUT2D eigenvalue weighted by atomic mass is 10.0. The molecular weight excluding hydrogens is 458 g/mol. The van der Waals surface area contributed by atoms with E-state index in [-0.39, 0.29) is 11.3 Å². The zero-order valence-electron chi connectivity index (χ0n) is 18.2. The van der Waals surface area contributed by atoms with Gasteiger partial charge in [-0.2, -0.15) is 0 Å². The fourth-order valence-corrected chi connectivity index (χ4v) is 4.11. The number of hydrogen-bond donors (Lipinski definition) is 4. The maximum Gasteiger partial charge on any atom is 0.339 e. The quantitative estimate of drug-likeness (QED) is 0.315. The predicted molar refractivity (Wildman–Crippen MR) is 130 cm³/mol. The molecule has 0 unspecified atom stereocenters. The monoisotopic (exact) mass is 477 g/mol. The number of carbonyl (C=O) groups is 3. The number of fused-ring (bicyclic) bond motifs is 1. The van der Waals surface area contributed by atoms with E-state index in [0.717, 1.165) is 16.8 Å². The van der Waals surface area contributed by atoms with Gasteiger partial charge in [0.25, 0.3) is 0 Å². The molecule has 4 aromatic rings. The second kappa shape index (κ2) is 8.92. The molecule has 0 aliphatic rings. The number of rotatable bonds is 4. The molecule has 0 spiro atoms. The largest absolute Gasteiger partial charge is 0.507 e. The average molecular weight is 478 g/mol. The third-order valence-corrected chi connectivity index (χ3v) is 5.72. The second-order valence-electron chi connectivity index (χ2n) is 7.72. The van der Waals surface area contributed by atoms with Gasteiger partial charge in [-0.15, -0.1) is 0 Å². The van der Waals surface area contributed by atoms with Crippen LogP contribution in [0.25, 0.3) is 22.2 Å². The molecule has 0 saturated heterocycles. The Balaban J connectivity index is 1.63. The van der Waals surface area contributed by atoms with Crippen LogP contribution in [0.15, 0.2) is 60.7 Å². The molecule has 1 aromatic heterocycles. The summed E-state index contributed by atoms with van der Waals surface area (Å²) < 4.78 is 1.84. The number of aromatic nitrogens is 1. The number of amides is 2. The van der Waals surface area contributed by atoms with E-state index in [1.165, 1.54) is 18.2 Å². The Kier molecular flexibility index (Phi) is 6.00. The first-order valence-electron chi connectivity index (χ1n) is 10.2. The summed E-state index contributed by atoms with van der Waals surface area (Å²) in [6, 6.07) is 16.3. The minimum atomic E-state index is -1.22. The van der Waals surface area contributed by atoms with Crippen LogP contribution in [0.4, 0.5) is 11.4 Å². The molecule has 4 rings (SSSR count). The number of halogens is 1. The van der Waals surface area contributed by atoms with Crippen LogP contribution < -0.4 is 10.6 Å². The fourth-order valence-electron chi connectivity index (χ4n) is 3.92. The fraction of sp³-hybridized carbons (Fsp3) is 0.0800. The van der Waals surface area contributed by atoms with Gasteiger partial charge >= 0.3 is 17.8 Å². The molecule has 4 N–H and O–H groups in total. The zero-order chi connectivity index (χ0) is 24.6. The van der Waals surface area contributed by atoms with Crippen molar-refractivity contribution in [2.75, 3.05) is 10.6 Å². The van der Waals surface area contributed by atoms with Crippen LogP contribution in [0.5, 0.6) is 5.75 Å². The molecule has 34 heavy (non-hydrogen) atoms. The molecule has 0 aliphatic carbocycles. The minimum Gasteiger partial charge on any atom is -0.507 e. The van der Waals surface area contributed by atoms with Gasteiger partial charge in [-0.05, 0) is 48.9 Å². The number of aromatic hydroxyl groups is 1. The Morgan fingerprint density at radius 3 is 2.15 bits per heavy atom. The molecule has 8 nitrogen and oxygen atoms in total. The third kappa shape index (κ3) is 4.31. The van der Waals surface area contributed by atoms with E-state index in [4.69, 9.17) is 11.6 Å². The molecule has 3 aromatic carbocycles. The van der Waals surface area contributed by atoms with Crippen molar-refractivity contribution >= 4 is 51.7 Å². The molecule has 172 valence electrons. The van der Waals surface area contributed by atoms with Crippen LogP contribution in [-0.4, -0.2) is 32.6 Å². The number of anilines is 2. The number of nitrogens with one attached hydrogen (secondary N) is 2. The van der Waals surface area contributed by atoms with Crippen molar-refractivity contribution in [3.63, 3.8) is 0 Å². The maximum atomic E-state index is 12.4. The van der Waals surface area contributed by atoms with E-state index >= 15 is 0 Å². The van der Waals surface area contributed by atoms with Gasteiger partial charge in [0.1, 0.15) is 11.3 Å². The van der Waals surface area contributed by atoms with E-state index in [1.807, 2.05) is 17.6 Å². The van der Waals surface area contributed by atoms with Crippen molar-refractivity contribution in [2.24, 2.45) is 7.05 Å². The van der Waals surface area contributed by atoms with E-state index in [2.05, 4.69) is 10.6 Å². The van der Waals surface area contributed by atoms with E-state index in [9.17, 15) is 24.6 Å². The topological polar surface area (TPSA) is 121 Å². The number of hydrogen-bond acceptors (Lipinski definition) is 4. The molecule has 9 heteroatoms. The lowest BCUT2D eigenvalue weighted by Crippen LogP contribution is -2.29. The summed E-state index contributed by atoms with van der Waals surface area (Å²) in [5, 5.41) is 25.6. The molecule has 0 bridgehead atoms. The van der Waals surface area contributed by atoms with Gasteiger partial charge in [0.05, 0.1) is 11.2 Å². The standard InChI is InChI=1S/C25H20ClN3O5/c1-13-18-11-19(25(33)34)21(30)12-20(18)29(2)22(13)14-5-3-7-16(9-14)27-23(31)24(32)28-17-8-4-6-15(26)10-17/h3-12,30H,1-2H3,(H,27,31)(H,28,32)(H,33,34).